The van der Waals surface area contributed by atoms with E-state index in [1.54, 1.807) is 37.5 Å². The van der Waals surface area contributed by atoms with Gasteiger partial charge < -0.3 is 35.3 Å². The van der Waals surface area contributed by atoms with Crippen LogP contribution in [0.1, 0.15) is 40.2 Å². The molecule has 0 spiro atoms. The summed E-state index contributed by atoms with van der Waals surface area (Å²) in [5.41, 5.74) is 0.224. The molecular formula is C25H35N5O5. The topological polar surface area (TPSA) is 142 Å². The fourth-order valence-electron chi connectivity index (χ4n) is 3.53. The number of fused-ring (bicyclic) bond motifs is 1. The second-order valence-electron chi connectivity index (χ2n) is 9.57. The Morgan fingerprint density at radius 2 is 1.91 bits per heavy atom. The lowest BCUT2D eigenvalue weighted by molar-refractivity contribution is 0.0805. The van der Waals surface area contributed by atoms with E-state index in [0.717, 1.165) is 12.0 Å². The molecule has 0 amide bonds. The number of pyridine rings is 3. The highest BCUT2D eigenvalue weighted by Crippen LogP contribution is 2.28. The van der Waals surface area contributed by atoms with Gasteiger partial charge in [-0.05, 0) is 51.6 Å². The maximum Gasteiger partial charge on any atom is 0.262 e. The summed E-state index contributed by atoms with van der Waals surface area (Å²) in [7, 11) is 0. The van der Waals surface area contributed by atoms with E-state index in [2.05, 4.69) is 20.6 Å². The van der Waals surface area contributed by atoms with Crippen molar-refractivity contribution < 1.29 is 20.1 Å². The number of aliphatic hydroxyl groups excluding tert-OH is 3. The van der Waals surface area contributed by atoms with Crippen molar-refractivity contribution in [3.8, 4) is 5.75 Å². The van der Waals surface area contributed by atoms with Gasteiger partial charge in [0, 0.05) is 29.6 Å². The Labute approximate surface area is 204 Å². The molecule has 0 bridgehead atoms. The van der Waals surface area contributed by atoms with E-state index < -0.39 is 12.7 Å². The van der Waals surface area contributed by atoms with Crippen LogP contribution in [0.3, 0.4) is 0 Å². The lowest BCUT2D eigenvalue weighted by Crippen LogP contribution is -2.31. The molecule has 0 fully saturated rings. The Morgan fingerprint density at radius 3 is 2.54 bits per heavy atom. The van der Waals surface area contributed by atoms with Gasteiger partial charge in [-0.2, -0.15) is 0 Å². The molecule has 0 aromatic carbocycles. The van der Waals surface area contributed by atoms with Crippen LogP contribution in [0.4, 0.5) is 17.5 Å². The van der Waals surface area contributed by atoms with Crippen LogP contribution in [0.15, 0.2) is 35.4 Å². The molecule has 10 nitrogen and oxygen atoms in total. The fraction of sp³-hybridized carbons (Fsp3) is 0.480. The quantitative estimate of drug-likeness (QED) is 0.293. The van der Waals surface area contributed by atoms with Gasteiger partial charge >= 0.3 is 0 Å². The molecule has 3 rings (SSSR count). The number of aryl methyl sites for hydroxylation is 1. The van der Waals surface area contributed by atoms with Gasteiger partial charge in [-0.25, -0.2) is 9.97 Å². The summed E-state index contributed by atoms with van der Waals surface area (Å²) in [6.07, 6.45) is 2.64. The summed E-state index contributed by atoms with van der Waals surface area (Å²) < 4.78 is 7.21. The SMILES string of the molecule is CCc1cnc(Nc2cc3ccn(CC(O)CO)c(=O)c3c(NC(C)(C)C)n2)cc1OC(C)CO. The van der Waals surface area contributed by atoms with Crippen molar-refractivity contribution in [1.29, 1.82) is 0 Å². The van der Waals surface area contributed by atoms with Crippen molar-refractivity contribution in [3.63, 3.8) is 0 Å². The Balaban J connectivity index is 2.06. The van der Waals surface area contributed by atoms with Gasteiger partial charge in [0.25, 0.3) is 5.56 Å². The second-order valence-corrected chi connectivity index (χ2v) is 9.57. The van der Waals surface area contributed by atoms with E-state index >= 15 is 0 Å². The molecule has 35 heavy (non-hydrogen) atoms. The molecule has 0 radical (unpaired) electrons. The molecule has 0 saturated heterocycles. The van der Waals surface area contributed by atoms with Crippen LogP contribution in [-0.4, -0.2) is 60.8 Å². The van der Waals surface area contributed by atoms with Crippen LogP contribution in [0, 0.1) is 0 Å². The van der Waals surface area contributed by atoms with Gasteiger partial charge in [0.05, 0.1) is 31.2 Å². The minimum absolute atomic E-state index is 0.0248. The van der Waals surface area contributed by atoms with E-state index in [4.69, 9.17) is 4.74 Å². The summed E-state index contributed by atoms with van der Waals surface area (Å²) in [4.78, 5) is 22.4. The van der Waals surface area contributed by atoms with E-state index in [1.807, 2.05) is 27.7 Å². The fourth-order valence-corrected chi connectivity index (χ4v) is 3.53. The first kappa shape index (κ1) is 26.4. The molecule has 2 unspecified atom stereocenters. The largest absolute Gasteiger partial charge is 0.488 e. The summed E-state index contributed by atoms with van der Waals surface area (Å²) in [5.74, 6) is 2.02. The molecule has 3 aromatic rings. The van der Waals surface area contributed by atoms with Crippen LogP contribution < -0.4 is 20.9 Å². The van der Waals surface area contributed by atoms with E-state index in [1.165, 1.54) is 4.57 Å². The molecule has 0 aliphatic rings. The second kappa shape index (κ2) is 11.0. The van der Waals surface area contributed by atoms with Crippen molar-refractivity contribution in [3.05, 3.63) is 46.5 Å². The summed E-state index contributed by atoms with van der Waals surface area (Å²) in [6.45, 7) is 9.12. The first-order valence-corrected chi connectivity index (χ1v) is 11.7. The summed E-state index contributed by atoms with van der Waals surface area (Å²) in [6, 6.07) is 5.29. The maximum atomic E-state index is 13.2. The molecule has 3 aromatic heterocycles. The smallest absolute Gasteiger partial charge is 0.262 e. The summed E-state index contributed by atoms with van der Waals surface area (Å²) in [5, 5.41) is 35.9. The number of rotatable bonds is 10. The maximum absolute atomic E-state index is 13.2. The predicted octanol–water partition coefficient (Wildman–Crippen LogP) is 2.42. The Hall–Kier alpha value is -3.21. The molecule has 3 heterocycles. The Bertz CT molecular complexity index is 1220. The number of aliphatic hydroxyl groups is 3. The lowest BCUT2D eigenvalue weighted by atomic mass is 10.1. The standard InChI is InChI=1S/C25H35N5O5/c1-6-16-11-26-20(10-19(16)35-15(2)13-31)27-21-9-17-7-8-30(12-18(33)14-32)24(34)22(17)23(28-21)29-25(3,4)5/h7-11,15,18,31-33H,6,12-14H2,1-5H3,(H2,26,27,28,29). The van der Waals surface area contributed by atoms with Crippen LogP contribution in [0.5, 0.6) is 5.75 Å². The van der Waals surface area contributed by atoms with Gasteiger partial charge in [0.2, 0.25) is 0 Å². The number of nitrogens with zero attached hydrogens (tertiary/aromatic N) is 3. The van der Waals surface area contributed by atoms with Crippen molar-refractivity contribution in [1.82, 2.24) is 14.5 Å². The number of hydrogen-bond donors (Lipinski definition) is 5. The first-order chi connectivity index (χ1) is 16.5. The molecular weight excluding hydrogens is 450 g/mol. The van der Waals surface area contributed by atoms with Crippen LogP contribution >= 0.6 is 0 Å². The molecule has 10 heteroatoms. The lowest BCUT2D eigenvalue weighted by Gasteiger charge is -2.23. The first-order valence-electron chi connectivity index (χ1n) is 11.7. The zero-order valence-electron chi connectivity index (χ0n) is 20.9. The minimum Gasteiger partial charge on any atom is -0.488 e. The van der Waals surface area contributed by atoms with E-state index in [9.17, 15) is 20.1 Å². The van der Waals surface area contributed by atoms with Crippen molar-refractivity contribution >= 4 is 28.2 Å². The third-order valence-electron chi connectivity index (χ3n) is 5.24. The number of aromatic nitrogens is 3. The predicted molar refractivity (Wildman–Crippen MR) is 137 cm³/mol. The van der Waals surface area contributed by atoms with Gasteiger partial charge in [-0.3, -0.25) is 4.79 Å². The van der Waals surface area contributed by atoms with Gasteiger partial charge in [0.15, 0.2) is 0 Å². The molecule has 0 saturated carbocycles. The normalized spacial score (nSPS) is 13.5. The van der Waals surface area contributed by atoms with Crippen molar-refractivity contribution in [2.45, 2.75) is 65.3 Å². The number of ether oxygens (including phenoxy) is 1. The van der Waals surface area contributed by atoms with Crippen LogP contribution in [0.2, 0.25) is 0 Å². The van der Waals surface area contributed by atoms with Gasteiger partial charge in [0.1, 0.15) is 29.3 Å². The van der Waals surface area contributed by atoms with E-state index in [0.29, 0.717) is 34.0 Å². The number of nitrogens with one attached hydrogen (secondary N) is 2. The van der Waals surface area contributed by atoms with Crippen LogP contribution in [-0.2, 0) is 13.0 Å². The zero-order valence-corrected chi connectivity index (χ0v) is 20.9. The monoisotopic (exact) mass is 485 g/mol. The average Bonchev–Trinajstić information content (AvgIpc) is 2.79. The number of hydrogen-bond acceptors (Lipinski definition) is 9. The molecule has 190 valence electrons. The highest BCUT2D eigenvalue weighted by atomic mass is 16.5. The number of anilines is 3. The minimum atomic E-state index is -1.04. The molecule has 5 N–H and O–H groups in total. The molecule has 0 aliphatic carbocycles. The van der Waals surface area contributed by atoms with Gasteiger partial charge in [-0.1, -0.05) is 6.92 Å². The zero-order chi connectivity index (χ0) is 25.8. The highest BCUT2D eigenvalue weighted by Gasteiger charge is 2.18. The third kappa shape index (κ3) is 6.68. The molecule has 0 aliphatic heterocycles. The highest BCUT2D eigenvalue weighted by molar-refractivity contribution is 5.93. The average molecular weight is 486 g/mol. The van der Waals surface area contributed by atoms with Crippen molar-refractivity contribution in [2.75, 3.05) is 23.8 Å². The Morgan fingerprint density at radius 1 is 1.17 bits per heavy atom. The third-order valence-corrected chi connectivity index (χ3v) is 5.24. The van der Waals surface area contributed by atoms with E-state index in [-0.39, 0.29) is 30.4 Å². The summed E-state index contributed by atoms with van der Waals surface area (Å²) >= 11 is 0. The Kier molecular flexibility index (Phi) is 8.31. The van der Waals surface area contributed by atoms with Crippen LogP contribution in [0.25, 0.3) is 10.8 Å². The van der Waals surface area contributed by atoms with Crippen molar-refractivity contribution in [2.24, 2.45) is 0 Å². The van der Waals surface area contributed by atoms with Gasteiger partial charge in [-0.15, -0.1) is 0 Å². The molecule has 2 atom stereocenters.